The summed E-state index contributed by atoms with van der Waals surface area (Å²) in [7, 11) is 1.86. The normalized spacial score (nSPS) is 11.3. The van der Waals surface area contributed by atoms with Crippen molar-refractivity contribution in [3.05, 3.63) is 49.9 Å². The number of fused-ring (bicyclic) bond motifs is 3. The molecule has 0 spiro atoms. The number of thiophene rings is 2. The molecule has 0 amide bonds. The van der Waals surface area contributed by atoms with Crippen LogP contribution in [0.5, 0.6) is 0 Å². The van der Waals surface area contributed by atoms with E-state index >= 15 is 0 Å². The van der Waals surface area contributed by atoms with Gasteiger partial charge >= 0.3 is 0 Å². The largest absolute Gasteiger partial charge is 0.387 e. The second kappa shape index (κ2) is 5.82. The Hall–Kier alpha value is -2.44. The van der Waals surface area contributed by atoms with Crippen LogP contribution in [0.25, 0.3) is 31.4 Å². The van der Waals surface area contributed by atoms with E-state index in [2.05, 4.69) is 16.4 Å². The number of nitrogens with one attached hydrogen (secondary N) is 2. The van der Waals surface area contributed by atoms with Crippen LogP contribution < -0.4 is 10.9 Å². The average molecular weight is 368 g/mol. The number of rotatable bonds is 3. The van der Waals surface area contributed by atoms with Gasteiger partial charge in [-0.1, -0.05) is 0 Å². The van der Waals surface area contributed by atoms with E-state index in [0.29, 0.717) is 10.9 Å². The van der Waals surface area contributed by atoms with Gasteiger partial charge in [-0.2, -0.15) is 0 Å². The number of hydrogen-bond acceptors (Lipinski definition) is 5. The second-order valence-corrected chi connectivity index (χ2v) is 8.52. The summed E-state index contributed by atoms with van der Waals surface area (Å²) in [5.41, 5.74) is 3.06. The van der Waals surface area contributed by atoms with Crippen molar-refractivity contribution < 1.29 is 4.79 Å². The summed E-state index contributed by atoms with van der Waals surface area (Å²) in [5, 5.41) is 4.62. The maximum atomic E-state index is 12.6. The van der Waals surface area contributed by atoms with Crippen molar-refractivity contribution in [3.8, 4) is 10.4 Å². The van der Waals surface area contributed by atoms with E-state index in [9.17, 15) is 9.59 Å². The van der Waals surface area contributed by atoms with Crippen LogP contribution in [0.1, 0.15) is 20.1 Å². The van der Waals surface area contributed by atoms with Crippen LogP contribution in [0.15, 0.2) is 29.1 Å². The van der Waals surface area contributed by atoms with E-state index in [1.54, 1.807) is 22.7 Å². The number of aromatic amines is 1. The molecule has 126 valence electrons. The van der Waals surface area contributed by atoms with E-state index in [1.165, 1.54) is 0 Å². The van der Waals surface area contributed by atoms with Crippen molar-refractivity contribution >= 4 is 55.6 Å². The lowest BCUT2D eigenvalue weighted by Gasteiger charge is -2.09. The van der Waals surface area contributed by atoms with Gasteiger partial charge in [-0.05, 0) is 38.1 Å². The first-order valence-electron chi connectivity index (χ1n) is 7.85. The maximum absolute atomic E-state index is 12.6. The Labute approximate surface area is 152 Å². The van der Waals surface area contributed by atoms with Gasteiger partial charge in [-0.3, -0.25) is 9.59 Å². The van der Waals surface area contributed by atoms with Crippen molar-refractivity contribution in [1.29, 1.82) is 0 Å². The van der Waals surface area contributed by atoms with Crippen molar-refractivity contribution in [3.63, 3.8) is 0 Å². The number of benzene rings is 1. The third kappa shape index (κ3) is 2.49. The first-order chi connectivity index (χ1) is 12.0. The summed E-state index contributed by atoms with van der Waals surface area (Å²) in [5.74, 6) is 0. The monoisotopic (exact) mass is 368 g/mol. The molecule has 25 heavy (non-hydrogen) atoms. The van der Waals surface area contributed by atoms with Gasteiger partial charge in [0, 0.05) is 38.7 Å². The minimum atomic E-state index is -0.127. The fourth-order valence-electron chi connectivity index (χ4n) is 3.18. The van der Waals surface area contributed by atoms with Gasteiger partial charge in [0.15, 0.2) is 6.29 Å². The van der Waals surface area contributed by atoms with Crippen LogP contribution in [-0.4, -0.2) is 18.3 Å². The predicted molar refractivity (Wildman–Crippen MR) is 108 cm³/mol. The smallest absolute Gasteiger partial charge is 0.256 e. The third-order valence-electron chi connectivity index (χ3n) is 4.28. The highest BCUT2D eigenvalue weighted by Gasteiger charge is 2.16. The van der Waals surface area contributed by atoms with E-state index in [1.807, 2.05) is 39.1 Å². The van der Waals surface area contributed by atoms with Gasteiger partial charge in [0.25, 0.3) is 5.56 Å². The molecule has 3 heterocycles. The van der Waals surface area contributed by atoms with E-state index in [-0.39, 0.29) is 5.56 Å². The zero-order chi connectivity index (χ0) is 17.7. The number of pyridine rings is 1. The number of H-pyrrole nitrogens is 1. The number of hydrogen-bond donors (Lipinski definition) is 2. The Morgan fingerprint density at radius 2 is 1.80 bits per heavy atom. The molecule has 0 unspecified atom stereocenters. The van der Waals surface area contributed by atoms with Crippen molar-refractivity contribution in [1.82, 2.24) is 4.98 Å². The molecule has 2 N–H and O–H groups in total. The molecular weight excluding hydrogens is 352 g/mol. The van der Waals surface area contributed by atoms with Gasteiger partial charge < -0.3 is 10.3 Å². The van der Waals surface area contributed by atoms with Crippen molar-refractivity contribution in [2.24, 2.45) is 0 Å². The molecule has 4 aromatic rings. The topological polar surface area (TPSA) is 62.0 Å². The lowest BCUT2D eigenvalue weighted by molar-refractivity contribution is 0.112. The highest BCUT2D eigenvalue weighted by molar-refractivity contribution is 7.20. The average Bonchev–Trinajstić information content (AvgIpc) is 3.15. The molecule has 0 saturated heterocycles. The number of aldehydes is 1. The Morgan fingerprint density at radius 1 is 1.04 bits per heavy atom. The molecule has 0 bridgehead atoms. The number of aromatic nitrogens is 1. The van der Waals surface area contributed by atoms with Crippen LogP contribution in [0.2, 0.25) is 0 Å². The van der Waals surface area contributed by atoms with E-state index in [0.717, 1.165) is 47.8 Å². The molecule has 6 heteroatoms. The lowest BCUT2D eigenvalue weighted by Crippen LogP contribution is -2.06. The molecule has 0 saturated carbocycles. The van der Waals surface area contributed by atoms with E-state index < -0.39 is 0 Å². The Bertz CT molecular complexity index is 1200. The molecule has 4 nitrogen and oxygen atoms in total. The fourth-order valence-corrected chi connectivity index (χ4v) is 5.24. The van der Waals surface area contributed by atoms with Gasteiger partial charge in [0.1, 0.15) is 0 Å². The SMILES string of the molecule is CNc1cc(C)sc1-c1cc2c(=O)[nH]c3cc(C)sc3c2cc1C=O. The first-order valence-corrected chi connectivity index (χ1v) is 9.49. The molecular formula is C19H16N2O2S2. The molecule has 0 aliphatic rings. The minimum Gasteiger partial charge on any atom is -0.387 e. The molecule has 0 aliphatic carbocycles. The summed E-state index contributed by atoms with van der Waals surface area (Å²) in [4.78, 5) is 30.6. The number of aryl methyl sites for hydroxylation is 2. The molecule has 3 aromatic heterocycles. The second-order valence-electron chi connectivity index (χ2n) is 6.01. The van der Waals surface area contributed by atoms with Crippen LogP contribution in [0.3, 0.4) is 0 Å². The molecule has 0 fully saturated rings. The quantitative estimate of drug-likeness (QED) is 0.503. The van der Waals surface area contributed by atoms with Gasteiger partial charge in [0.05, 0.1) is 20.8 Å². The maximum Gasteiger partial charge on any atom is 0.256 e. The summed E-state index contributed by atoms with van der Waals surface area (Å²) >= 11 is 3.24. The lowest BCUT2D eigenvalue weighted by atomic mass is 10.0. The third-order valence-corrected chi connectivity index (χ3v) is 6.45. The Balaban J connectivity index is 2.13. The summed E-state index contributed by atoms with van der Waals surface area (Å²) in [6.45, 7) is 4.04. The zero-order valence-electron chi connectivity index (χ0n) is 14.0. The van der Waals surface area contributed by atoms with Crippen LogP contribution in [0, 0.1) is 13.8 Å². The minimum absolute atomic E-state index is 0.127. The highest BCUT2D eigenvalue weighted by Crippen LogP contribution is 2.40. The summed E-state index contributed by atoms with van der Waals surface area (Å²) < 4.78 is 1.01. The zero-order valence-corrected chi connectivity index (χ0v) is 15.7. The first kappa shape index (κ1) is 16.1. The predicted octanol–water partition coefficient (Wildman–Crippen LogP) is 4.94. The van der Waals surface area contributed by atoms with Crippen molar-refractivity contribution in [2.75, 3.05) is 12.4 Å². The number of anilines is 1. The Morgan fingerprint density at radius 3 is 2.52 bits per heavy atom. The van der Waals surface area contributed by atoms with Crippen LogP contribution in [-0.2, 0) is 0 Å². The van der Waals surface area contributed by atoms with Gasteiger partial charge in [-0.15, -0.1) is 22.7 Å². The molecule has 1 aromatic carbocycles. The number of carbonyl (C=O) groups excluding carboxylic acids is 1. The molecule has 0 aliphatic heterocycles. The van der Waals surface area contributed by atoms with Crippen LogP contribution >= 0.6 is 22.7 Å². The molecule has 4 rings (SSSR count). The van der Waals surface area contributed by atoms with Crippen molar-refractivity contribution in [2.45, 2.75) is 13.8 Å². The highest BCUT2D eigenvalue weighted by atomic mass is 32.1. The van der Waals surface area contributed by atoms with E-state index in [4.69, 9.17) is 0 Å². The molecule has 0 atom stereocenters. The summed E-state index contributed by atoms with van der Waals surface area (Å²) in [6.07, 6.45) is 0.872. The van der Waals surface area contributed by atoms with Gasteiger partial charge in [0.2, 0.25) is 0 Å². The molecule has 0 radical (unpaired) electrons. The Kier molecular flexibility index (Phi) is 3.74. The number of carbonyl (C=O) groups is 1. The van der Waals surface area contributed by atoms with Gasteiger partial charge in [-0.25, -0.2) is 0 Å². The fraction of sp³-hybridized carbons (Fsp3) is 0.158. The summed E-state index contributed by atoms with van der Waals surface area (Å²) in [6, 6.07) is 7.71. The standard InChI is InChI=1S/C19H16N2O2S2/c1-9-4-15(20-3)17(24-9)12-7-14-13(6-11(12)8-22)18-16(21-19(14)23)5-10(2)25-18/h4-8,20H,1-3H3,(H,21,23). The van der Waals surface area contributed by atoms with Crippen LogP contribution in [0.4, 0.5) is 5.69 Å².